The summed E-state index contributed by atoms with van der Waals surface area (Å²) in [5.41, 5.74) is 6.98. The Morgan fingerprint density at radius 2 is 2.00 bits per heavy atom. The van der Waals surface area contributed by atoms with E-state index in [9.17, 15) is 5.11 Å². The predicted octanol–water partition coefficient (Wildman–Crippen LogP) is 5.16. The van der Waals surface area contributed by atoms with Crippen molar-refractivity contribution in [2.45, 2.75) is 84.2 Å². The van der Waals surface area contributed by atoms with Gasteiger partial charge in [0, 0.05) is 0 Å². The van der Waals surface area contributed by atoms with Crippen molar-refractivity contribution in [3.05, 3.63) is 34.4 Å². The Kier molecular flexibility index (Phi) is 3.83. The highest BCUT2D eigenvalue weighted by Gasteiger charge is 2.51. The minimum absolute atomic E-state index is 0.0326. The summed E-state index contributed by atoms with van der Waals surface area (Å²) < 4.78 is 0. The number of hydrogen-bond donors (Lipinski definition) is 1. The van der Waals surface area contributed by atoms with Gasteiger partial charge in [-0.1, -0.05) is 26.0 Å². The van der Waals surface area contributed by atoms with Crippen LogP contribution in [0.2, 0.25) is 0 Å². The zero-order valence-corrected chi connectivity index (χ0v) is 15.1. The fourth-order valence-electron chi connectivity index (χ4n) is 6.54. The number of rotatable bonds is 1. The zero-order valence-electron chi connectivity index (χ0n) is 15.1. The average molecular weight is 312 g/mol. The lowest BCUT2D eigenvalue weighted by molar-refractivity contribution is -0.0606. The van der Waals surface area contributed by atoms with Crippen LogP contribution in [0.3, 0.4) is 0 Å². The maximum absolute atomic E-state index is 10.1. The Bertz CT molecular complexity index is 604. The van der Waals surface area contributed by atoms with Crippen molar-refractivity contribution in [2.24, 2.45) is 17.3 Å². The molecule has 3 aliphatic carbocycles. The molecular weight excluding hydrogens is 280 g/mol. The molecule has 1 N–H and O–H groups in total. The van der Waals surface area contributed by atoms with Crippen molar-refractivity contribution < 1.29 is 5.11 Å². The summed E-state index contributed by atoms with van der Waals surface area (Å²) in [6, 6.07) is 4.83. The molecule has 0 radical (unpaired) electrons. The molecule has 1 heteroatoms. The molecule has 5 atom stereocenters. The lowest BCUT2D eigenvalue weighted by Crippen LogP contribution is -2.48. The molecule has 1 nitrogen and oxygen atoms in total. The Morgan fingerprint density at radius 1 is 1.17 bits per heavy atom. The normalized spacial score (nSPS) is 39.3. The fourth-order valence-corrected chi connectivity index (χ4v) is 6.54. The Hall–Kier alpha value is -0.820. The molecule has 0 aliphatic heterocycles. The van der Waals surface area contributed by atoms with E-state index in [0.717, 1.165) is 30.6 Å². The van der Waals surface area contributed by atoms with E-state index in [0.29, 0.717) is 5.41 Å². The molecule has 0 spiro atoms. The minimum Gasteiger partial charge on any atom is -0.393 e. The lowest BCUT2D eigenvalue weighted by atomic mass is 9.49. The highest BCUT2D eigenvalue weighted by Crippen LogP contribution is 2.61. The van der Waals surface area contributed by atoms with Crippen molar-refractivity contribution in [1.29, 1.82) is 0 Å². The second kappa shape index (κ2) is 5.62. The first-order valence-corrected chi connectivity index (χ1v) is 9.84. The first-order chi connectivity index (χ1) is 11.0. The van der Waals surface area contributed by atoms with E-state index in [-0.39, 0.29) is 6.10 Å². The van der Waals surface area contributed by atoms with Crippen LogP contribution in [0, 0.1) is 24.2 Å². The number of benzene rings is 1. The van der Waals surface area contributed by atoms with E-state index in [1.807, 2.05) is 0 Å². The molecule has 4 rings (SSSR count). The number of fused-ring (bicyclic) bond motifs is 5. The summed E-state index contributed by atoms with van der Waals surface area (Å²) in [5.74, 6) is 2.37. The molecule has 1 aromatic carbocycles. The summed E-state index contributed by atoms with van der Waals surface area (Å²) in [5, 5.41) is 10.1. The van der Waals surface area contributed by atoms with Crippen LogP contribution >= 0.6 is 0 Å². The van der Waals surface area contributed by atoms with E-state index in [2.05, 4.69) is 32.9 Å². The minimum atomic E-state index is -0.0326. The van der Waals surface area contributed by atoms with Crippen LogP contribution < -0.4 is 0 Å². The first-order valence-electron chi connectivity index (χ1n) is 9.84. The number of aliphatic hydroxyl groups is 1. The second-order valence-electron chi connectivity index (χ2n) is 8.74. The Morgan fingerprint density at radius 3 is 2.78 bits per heavy atom. The molecule has 0 saturated heterocycles. The van der Waals surface area contributed by atoms with Crippen molar-refractivity contribution in [3.8, 4) is 0 Å². The summed E-state index contributed by atoms with van der Waals surface area (Å²) in [6.45, 7) is 7.15. The molecule has 126 valence electrons. The van der Waals surface area contributed by atoms with E-state index in [4.69, 9.17) is 0 Å². The van der Waals surface area contributed by atoms with Crippen molar-refractivity contribution >= 4 is 0 Å². The third kappa shape index (κ3) is 2.30. The van der Waals surface area contributed by atoms with E-state index in [1.54, 1.807) is 16.7 Å². The zero-order chi connectivity index (χ0) is 16.2. The van der Waals surface area contributed by atoms with Gasteiger partial charge in [-0.15, -0.1) is 0 Å². The van der Waals surface area contributed by atoms with Crippen LogP contribution in [0.4, 0.5) is 0 Å². The third-order valence-electron chi connectivity index (χ3n) is 7.82. The van der Waals surface area contributed by atoms with Crippen molar-refractivity contribution in [1.82, 2.24) is 0 Å². The maximum Gasteiger partial charge on any atom is 0.0543 e. The molecular formula is C22H32O. The van der Waals surface area contributed by atoms with Gasteiger partial charge in [0.25, 0.3) is 0 Å². The van der Waals surface area contributed by atoms with Crippen LogP contribution in [0.1, 0.15) is 80.5 Å². The average Bonchev–Trinajstić information content (AvgIpc) is 2.55. The van der Waals surface area contributed by atoms with E-state index < -0.39 is 0 Å². The predicted molar refractivity (Wildman–Crippen MR) is 95.8 cm³/mol. The van der Waals surface area contributed by atoms with Gasteiger partial charge < -0.3 is 5.11 Å². The quantitative estimate of drug-likeness (QED) is 0.759. The van der Waals surface area contributed by atoms with Crippen LogP contribution in [0.15, 0.2) is 12.1 Å². The van der Waals surface area contributed by atoms with Crippen LogP contribution in [0.25, 0.3) is 0 Å². The Balaban J connectivity index is 1.72. The summed E-state index contributed by atoms with van der Waals surface area (Å²) in [7, 11) is 0. The smallest absolute Gasteiger partial charge is 0.0543 e. The highest BCUT2D eigenvalue weighted by molar-refractivity contribution is 5.45. The van der Waals surface area contributed by atoms with E-state index in [1.165, 1.54) is 44.1 Å². The number of aliphatic hydroxyl groups excluding tert-OH is 1. The number of hydrogen-bond acceptors (Lipinski definition) is 1. The van der Waals surface area contributed by atoms with Gasteiger partial charge in [0.15, 0.2) is 0 Å². The van der Waals surface area contributed by atoms with Crippen LogP contribution in [-0.4, -0.2) is 11.2 Å². The monoisotopic (exact) mass is 312 g/mol. The molecule has 0 amide bonds. The molecule has 2 saturated carbocycles. The van der Waals surface area contributed by atoms with Crippen molar-refractivity contribution in [2.75, 3.05) is 0 Å². The largest absolute Gasteiger partial charge is 0.393 e. The van der Waals surface area contributed by atoms with Gasteiger partial charge in [0.05, 0.1) is 6.10 Å². The molecule has 0 heterocycles. The van der Waals surface area contributed by atoms with Gasteiger partial charge in [0.2, 0.25) is 0 Å². The fraction of sp³-hybridized carbons (Fsp3) is 0.727. The molecule has 0 bridgehead atoms. The molecule has 2 fully saturated rings. The standard InChI is InChI=1S/C22H32O/c1-4-17-14(2)5-7-19-18(17)9-10-21-20(19)8-6-15-13-16(23)11-12-22(15,21)3/h5,7,15-16,20-21,23H,4,6,8-13H2,1-3H3/t15-,16-,20+,21+,22-/m0/s1. The molecule has 1 aromatic rings. The van der Waals surface area contributed by atoms with Gasteiger partial charge in [0.1, 0.15) is 0 Å². The second-order valence-corrected chi connectivity index (χ2v) is 8.74. The van der Waals surface area contributed by atoms with Gasteiger partial charge in [-0.05, 0) is 104 Å². The third-order valence-corrected chi connectivity index (χ3v) is 7.82. The molecule has 0 unspecified atom stereocenters. The Labute approximate surface area is 141 Å². The van der Waals surface area contributed by atoms with Gasteiger partial charge >= 0.3 is 0 Å². The topological polar surface area (TPSA) is 20.2 Å². The molecule has 0 aromatic heterocycles. The summed E-state index contributed by atoms with van der Waals surface area (Å²) >= 11 is 0. The molecule has 23 heavy (non-hydrogen) atoms. The van der Waals surface area contributed by atoms with Gasteiger partial charge in [-0.2, -0.15) is 0 Å². The van der Waals surface area contributed by atoms with Crippen molar-refractivity contribution in [3.63, 3.8) is 0 Å². The highest BCUT2D eigenvalue weighted by atomic mass is 16.3. The van der Waals surface area contributed by atoms with Gasteiger partial charge in [-0.25, -0.2) is 0 Å². The van der Waals surface area contributed by atoms with Gasteiger partial charge in [-0.3, -0.25) is 0 Å². The maximum atomic E-state index is 10.1. The summed E-state index contributed by atoms with van der Waals surface area (Å²) in [6.07, 6.45) is 9.79. The number of aryl methyl sites for hydroxylation is 1. The summed E-state index contributed by atoms with van der Waals surface area (Å²) in [4.78, 5) is 0. The first kappa shape index (κ1) is 15.7. The molecule has 3 aliphatic rings. The van der Waals surface area contributed by atoms with E-state index >= 15 is 0 Å². The lowest BCUT2D eigenvalue weighted by Gasteiger charge is -2.56. The SMILES string of the molecule is CCc1c(C)ccc2c1CC[C@@H]1[C@@H]2CC[C@H]2C[C@@H](O)CC[C@@]21C. The van der Waals surface area contributed by atoms with Crippen LogP contribution in [-0.2, 0) is 12.8 Å². The van der Waals surface area contributed by atoms with Crippen LogP contribution in [0.5, 0.6) is 0 Å².